The molecule has 23 heavy (non-hydrogen) atoms. The van der Waals surface area contributed by atoms with E-state index in [2.05, 4.69) is 16.3 Å². The van der Waals surface area contributed by atoms with Crippen LogP contribution in [-0.2, 0) is 11.2 Å². The van der Waals surface area contributed by atoms with Gasteiger partial charge in [0.2, 0.25) is 5.91 Å². The van der Waals surface area contributed by atoms with E-state index in [1.165, 1.54) is 19.4 Å². The number of amides is 1. The van der Waals surface area contributed by atoms with E-state index in [1.807, 2.05) is 18.2 Å². The minimum absolute atomic E-state index is 0.0131. The van der Waals surface area contributed by atoms with E-state index in [4.69, 9.17) is 4.74 Å². The summed E-state index contributed by atoms with van der Waals surface area (Å²) in [6, 6.07) is 8.67. The summed E-state index contributed by atoms with van der Waals surface area (Å²) >= 11 is 0. The van der Waals surface area contributed by atoms with Crippen LogP contribution in [0.5, 0.6) is 5.75 Å². The monoisotopic (exact) mass is 314 g/mol. The summed E-state index contributed by atoms with van der Waals surface area (Å²) in [5.74, 6) is 2.13. The van der Waals surface area contributed by atoms with Gasteiger partial charge in [0.05, 0.1) is 5.92 Å². The van der Waals surface area contributed by atoms with Gasteiger partial charge in [-0.2, -0.15) is 0 Å². The molecule has 0 spiro atoms. The van der Waals surface area contributed by atoms with Crippen LogP contribution in [0.2, 0.25) is 0 Å². The van der Waals surface area contributed by atoms with Crippen LogP contribution in [0.15, 0.2) is 24.3 Å². The summed E-state index contributed by atoms with van der Waals surface area (Å²) < 4.78 is 5.78. The number of hydrogen-bond donors (Lipinski definition) is 1. The van der Waals surface area contributed by atoms with Gasteiger partial charge in [-0.15, -0.1) is 0 Å². The third-order valence-corrected chi connectivity index (χ3v) is 5.43. The van der Waals surface area contributed by atoms with E-state index >= 15 is 0 Å². The number of piperidine rings is 1. The van der Waals surface area contributed by atoms with Gasteiger partial charge in [0.1, 0.15) is 12.4 Å². The number of fused-ring (bicyclic) bond motifs is 1. The van der Waals surface area contributed by atoms with Gasteiger partial charge in [0, 0.05) is 19.1 Å². The molecule has 2 heterocycles. The van der Waals surface area contributed by atoms with Crippen molar-refractivity contribution in [2.45, 2.75) is 38.1 Å². The Morgan fingerprint density at radius 3 is 2.74 bits per heavy atom. The number of likely N-dealkylation sites (tertiary alicyclic amines) is 1. The average molecular weight is 314 g/mol. The van der Waals surface area contributed by atoms with Gasteiger partial charge in [-0.05, 0) is 56.2 Å². The van der Waals surface area contributed by atoms with Crippen LogP contribution in [0, 0.1) is 11.8 Å². The topological polar surface area (TPSA) is 41.6 Å². The second-order valence-electron chi connectivity index (χ2n) is 7.27. The fourth-order valence-corrected chi connectivity index (χ4v) is 3.70. The molecular formula is C19H26N2O2. The van der Waals surface area contributed by atoms with Gasteiger partial charge in [0.25, 0.3) is 0 Å². The van der Waals surface area contributed by atoms with E-state index in [0.717, 1.165) is 49.6 Å². The summed E-state index contributed by atoms with van der Waals surface area (Å²) in [4.78, 5) is 14.8. The second-order valence-corrected chi connectivity index (χ2v) is 7.27. The Labute approximate surface area is 138 Å². The van der Waals surface area contributed by atoms with Crippen LogP contribution in [-0.4, -0.2) is 43.1 Å². The van der Waals surface area contributed by atoms with Crippen molar-refractivity contribution in [1.82, 2.24) is 10.2 Å². The van der Waals surface area contributed by atoms with Crippen molar-refractivity contribution < 1.29 is 9.53 Å². The highest BCUT2D eigenvalue weighted by atomic mass is 16.5. The lowest BCUT2D eigenvalue weighted by Crippen LogP contribution is -2.48. The lowest BCUT2D eigenvalue weighted by Gasteiger charge is -2.35. The zero-order valence-corrected chi connectivity index (χ0v) is 13.7. The molecule has 3 aliphatic rings. The molecule has 1 aromatic rings. The Kier molecular flexibility index (Phi) is 4.25. The minimum Gasteiger partial charge on any atom is -0.492 e. The van der Waals surface area contributed by atoms with E-state index in [-0.39, 0.29) is 11.8 Å². The molecule has 0 bridgehead atoms. The Hall–Kier alpha value is -1.55. The molecule has 0 radical (unpaired) electrons. The van der Waals surface area contributed by atoms with Crippen molar-refractivity contribution >= 4 is 5.91 Å². The molecule has 2 fully saturated rings. The standard InChI is InChI=1S/C19H26N2O2/c22-19(16-11-15-3-1-2-4-18(15)23-13-16)21-9-7-17(8-10-21)20-12-14-5-6-14/h1-4,14,16-17,20H,5-13H2. The first-order chi connectivity index (χ1) is 11.3. The number of para-hydroxylation sites is 1. The molecule has 1 aromatic carbocycles. The van der Waals surface area contributed by atoms with Gasteiger partial charge in [-0.3, -0.25) is 4.79 Å². The Morgan fingerprint density at radius 1 is 1.17 bits per heavy atom. The quantitative estimate of drug-likeness (QED) is 0.926. The van der Waals surface area contributed by atoms with E-state index in [9.17, 15) is 4.79 Å². The molecule has 1 aliphatic carbocycles. The first-order valence-corrected chi connectivity index (χ1v) is 9.02. The molecule has 0 aromatic heterocycles. The zero-order chi connectivity index (χ0) is 15.6. The van der Waals surface area contributed by atoms with Gasteiger partial charge in [-0.1, -0.05) is 18.2 Å². The number of ether oxygens (including phenoxy) is 1. The fraction of sp³-hybridized carbons (Fsp3) is 0.632. The van der Waals surface area contributed by atoms with Gasteiger partial charge >= 0.3 is 0 Å². The molecule has 1 atom stereocenters. The summed E-state index contributed by atoms with van der Waals surface area (Å²) in [7, 11) is 0. The molecule has 4 rings (SSSR count). The molecule has 4 nitrogen and oxygen atoms in total. The number of nitrogens with one attached hydrogen (secondary N) is 1. The van der Waals surface area contributed by atoms with Crippen molar-refractivity contribution in [2.24, 2.45) is 11.8 Å². The van der Waals surface area contributed by atoms with Crippen molar-refractivity contribution in [3.05, 3.63) is 29.8 Å². The molecule has 1 unspecified atom stereocenters. The Balaban J connectivity index is 1.28. The van der Waals surface area contributed by atoms with Crippen LogP contribution in [0.3, 0.4) is 0 Å². The smallest absolute Gasteiger partial charge is 0.229 e. The number of carbonyl (C=O) groups is 1. The highest BCUT2D eigenvalue weighted by molar-refractivity contribution is 5.80. The largest absolute Gasteiger partial charge is 0.492 e. The summed E-state index contributed by atoms with van der Waals surface area (Å²) in [5.41, 5.74) is 1.16. The van der Waals surface area contributed by atoms with Crippen LogP contribution in [0.4, 0.5) is 0 Å². The average Bonchev–Trinajstić information content (AvgIpc) is 3.44. The molecular weight excluding hydrogens is 288 g/mol. The minimum atomic E-state index is -0.0131. The maximum atomic E-state index is 12.8. The SMILES string of the molecule is O=C(C1COc2ccccc2C1)N1CCC(NCC2CC2)CC1. The van der Waals surface area contributed by atoms with E-state index < -0.39 is 0 Å². The number of carbonyl (C=O) groups excluding carboxylic acids is 1. The molecule has 124 valence electrons. The lowest BCUT2D eigenvalue weighted by molar-refractivity contribution is -0.138. The van der Waals surface area contributed by atoms with Gasteiger partial charge < -0.3 is 15.0 Å². The highest BCUT2D eigenvalue weighted by Crippen LogP contribution is 2.29. The summed E-state index contributed by atoms with van der Waals surface area (Å²) in [6.07, 6.45) is 5.78. The van der Waals surface area contributed by atoms with Crippen molar-refractivity contribution in [1.29, 1.82) is 0 Å². The Morgan fingerprint density at radius 2 is 1.96 bits per heavy atom. The lowest BCUT2D eigenvalue weighted by atomic mass is 9.94. The van der Waals surface area contributed by atoms with Gasteiger partial charge in [-0.25, -0.2) is 0 Å². The van der Waals surface area contributed by atoms with E-state index in [1.54, 1.807) is 0 Å². The van der Waals surface area contributed by atoms with Crippen LogP contribution < -0.4 is 10.1 Å². The highest BCUT2D eigenvalue weighted by Gasteiger charge is 2.32. The first kappa shape index (κ1) is 15.0. The van der Waals surface area contributed by atoms with Gasteiger partial charge in [0.15, 0.2) is 0 Å². The maximum Gasteiger partial charge on any atom is 0.229 e. The van der Waals surface area contributed by atoms with Crippen molar-refractivity contribution in [3.63, 3.8) is 0 Å². The molecule has 1 amide bonds. The van der Waals surface area contributed by atoms with Crippen LogP contribution >= 0.6 is 0 Å². The number of hydrogen-bond acceptors (Lipinski definition) is 3. The predicted octanol–water partition coefficient (Wildman–Crippen LogP) is 2.23. The van der Waals surface area contributed by atoms with Crippen LogP contribution in [0.1, 0.15) is 31.2 Å². The van der Waals surface area contributed by atoms with Crippen molar-refractivity contribution in [3.8, 4) is 5.75 Å². The second kappa shape index (κ2) is 6.52. The van der Waals surface area contributed by atoms with E-state index in [0.29, 0.717) is 12.6 Å². The number of nitrogens with zero attached hydrogens (tertiary/aromatic N) is 1. The summed E-state index contributed by atoms with van der Waals surface area (Å²) in [6.45, 7) is 3.47. The number of rotatable bonds is 4. The van der Waals surface area contributed by atoms with Crippen molar-refractivity contribution in [2.75, 3.05) is 26.2 Å². The Bertz CT molecular complexity index is 562. The first-order valence-electron chi connectivity index (χ1n) is 9.02. The fourth-order valence-electron chi connectivity index (χ4n) is 3.70. The third-order valence-electron chi connectivity index (χ3n) is 5.43. The van der Waals surface area contributed by atoms with Crippen LogP contribution in [0.25, 0.3) is 0 Å². The molecule has 1 N–H and O–H groups in total. The summed E-state index contributed by atoms with van der Waals surface area (Å²) in [5, 5.41) is 3.67. The normalized spacial score (nSPS) is 24.9. The number of benzene rings is 1. The third kappa shape index (κ3) is 3.52. The molecule has 4 heteroatoms. The molecule has 1 saturated heterocycles. The molecule has 2 aliphatic heterocycles. The molecule has 1 saturated carbocycles. The predicted molar refractivity (Wildman–Crippen MR) is 89.5 cm³/mol. The zero-order valence-electron chi connectivity index (χ0n) is 13.7. The maximum absolute atomic E-state index is 12.8.